The van der Waals surface area contributed by atoms with Gasteiger partial charge in [0.25, 0.3) is 0 Å². The van der Waals surface area contributed by atoms with Crippen molar-refractivity contribution >= 4 is 17.5 Å². The number of methoxy groups -OCH3 is 1. The summed E-state index contributed by atoms with van der Waals surface area (Å²) in [4.78, 5) is 33.7. The van der Waals surface area contributed by atoms with Crippen molar-refractivity contribution in [3.63, 3.8) is 0 Å². The minimum atomic E-state index is -0.664. The third kappa shape index (κ3) is 7.43. The molecule has 1 saturated heterocycles. The van der Waals surface area contributed by atoms with Crippen molar-refractivity contribution in [3.8, 4) is 6.07 Å². The van der Waals surface area contributed by atoms with Gasteiger partial charge >= 0.3 is 5.97 Å². The zero-order valence-electron chi connectivity index (χ0n) is 21.7. The highest BCUT2D eigenvalue weighted by Gasteiger charge is 2.27. The van der Waals surface area contributed by atoms with E-state index in [0.717, 1.165) is 55.7 Å². The second-order valence-corrected chi connectivity index (χ2v) is 9.56. The number of aryl methyl sites for hydroxylation is 1. The third-order valence-corrected chi connectivity index (χ3v) is 6.90. The average molecular weight is 499 g/mol. The second kappa shape index (κ2) is 13.6. The molecule has 1 N–H and O–H groups in total. The van der Waals surface area contributed by atoms with Gasteiger partial charge in [-0.15, -0.1) is 0 Å². The van der Waals surface area contributed by atoms with Crippen molar-refractivity contribution in [1.82, 2.24) is 9.80 Å². The van der Waals surface area contributed by atoms with E-state index in [2.05, 4.69) is 27.8 Å². The Balaban J connectivity index is 1.52. The van der Waals surface area contributed by atoms with Crippen LogP contribution >= 0.6 is 0 Å². The number of fused-ring (bicyclic) bond motifs is 1. The SMILES string of the molecule is CCCCN=C(CC(CC#N)OC)C(=O)CN1CCN(CC(O)c2cc3c(cc2C)C(=O)OC3)CC1. The first-order valence-electron chi connectivity index (χ1n) is 12.8. The number of unbranched alkanes of at least 4 members (excludes halogenated alkanes) is 1. The molecule has 0 aliphatic carbocycles. The van der Waals surface area contributed by atoms with E-state index in [9.17, 15) is 14.7 Å². The molecule has 0 spiro atoms. The molecule has 2 heterocycles. The quantitative estimate of drug-likeness (QED) is 0.251. The summed E-state index contributed by atoms with van der Waals surface area (Å²) < 4.78 is 10.5. The predicted octanol–water partition coefficient (Wildman–Crippen LogP) is 2.45. The Morgan fingerprint density at radius 1 is 1.28 bits per heavy atom. The number of nitrogens with zero attached hydrogens (tertiary/aromatic N) is 4. The third-order valence-electron chi connectivity index (χ3n) is 6.90. The van der Waals surface area contributed by atoms with E-state index in [1.54, 1.807) is 13.2 Å². The number of aliphatic imine (C=N–C) groups is 1. The van der Waals surface area contributed by atoms with Gasteiger partial charge < -0.3 is 14.6 Å². The number of carbonyl (C=O) groups excluding carboxylic acids is 2. The number of ether oxygens (including phenoxy) is 2. The van der Waals surface area contributed by atoms with Crippen molar-refractivity contribution in [2.45, 2.75) is 58.3 Å². The molecule has 2 aliphatic rings. The number of aliphatic hydroxyl groups excluding tert-OH is 1. The molecule has 2 aliphatic heterocycles. The molecule has 1 fully saturated rings. The van der Waals surface area contributed by atoms with Crippen molar-refractivity contribution in [2.24, 2.45) is 4.99 Å². The van der Waals surface area contributed by atoms with Crippen molar-refractivity contribution in [3.05, 3.63) is 34.4 Å². The summed E-state index contributed by atoms with van der Waals surface area (Å²) in [7, 11) is 1.56. The smallest absolute Gasteiger partial charge is 0.338 e. The van der Waals surface area contributed by atoms with Crippen LogP contribution in [0, 0.1) is 18.3 Å². The lowest BCUT2D eigenvalue weighted by Gasteiger charge is -2.35. The number of hydrogen-bond acceptors (Lipinski definition) is 9. The Hall–Kier alpha value is -2.64. The molecule has 1 aromatic carbocycles. The fourth-order valence-corrected chi connectivity index (χ4v) is 4.62. The van der Waals surface area contributed by atoms with Crippen LogP contribution in [0.4, 0.5) is 0 Å². The van der Waals surface area contributed by atoms with Crippen LogP contribution in [0.5, 0.6) is 0 Å². The number of ketones is 1. The summed E-state index contributed by atoms with van der Waals surface area (Å²) >= 11 is 0. The van der Waals surface area contributed by atoms with Crippen LogP contribution < -0.4 is 0 Å². The maximum atomic E-state index is 13.1. The van der Waals surface area contributed by atoms with E-state index in [4.69, 9.17) is 14.7 Å². The van der Waals surface area contributed by atoms with Gasteiger partial charge in [-0.25, -0.2) is 4.79 Å². The molecule has 3 rings (SSSR count). The Labute approximate surface area is 213 Å². The molecular formula is C27H38N4O5. The number of Topliss-reactive ketones (excluding diaryl/α,β-unsaturated/α-hetero) is 1. The Morgan fingerprint density at radius 3 is 2.67 bits per heavy atom. The number of cyclic esters (lactones) is 1. The Kier molecular flexibility index (Phi) is 10.6. The van der Waals surface area contributed by atoms with Crippen LogP contribution in [0.2, 0.25) is 0 Å². The molecule has 36 heavy (non-hydrogen) atoms. The normalized spacial score (nSPS) is 18.4. The van der Waals surface area contributed by atoms with Crippen LogP contribution in [0.3, 0.4) is 0 Å². The summed E-state index contributed by atoms with van der Waals surface area (Å²) in [5.41, 5.74) is 3.62. The lowest BCUT2D eigenvalue weighted by atomic mass is 9.96. The standard InChI is InChI=1S/C27H38N4O5/c1-4-5-8-29-24(15-21(35-3)6-7-28)26(33)17-31-11-9-30(10-12-31)16-25(32)22-14-20-18-36-27(34)23(20)13-19(22)2/h13-14,21,25,32H,4-6,8-12,15-18H2,1-3H3. The number of aliphatic hydroxyl groups is 1. The molecule has 0 radical (unpaired) electrons. The van der Waals surface area contributed by atoms with E-state index < -0.39 is 6.10 Å². The Bertz CT molecular complexity index is 995. The summed E-state index contributed by atoms with van der Waals surface area (Å²) in [6, 6.07) is 5.80. The summed E-state index contributed by atoms with van der Waals surface area (Å²) in [6.45, 7) is 8.56. The molecule has 0 saturated carbocycles. The highest BCUT2D eigenvalue weighted by atomic mass is 16.5. The van der Waals surface area contributed by atoms with Crippen LogP contribution in [-0.2, 0) is 20.9 Å². The van der Waals surface area contributed by atoms with Gasteiger partial charge in [-0.2, -0.15) is 5.26 Å². The van der Waals surface area contributed by atoms with E-state index in [0.29, 0.717) is 37.3 Å². The number of β-amino-alcohol motifs (C(OH)–C–C–N with tert-alkyl or cyclic N) is 1. The molecule has 2 unspecified atom stereocenters. The van der Waals surface area contributed by atoms with Crippen LogP contribution in [0.1, 0.15) is 65.8 Å². The highest BCUT2D eigenvalue weighted by Crippen LogP contribution is 2.28. The Morgan fingerprint density at radius 2 is 2.00 bits per heavy atom. The first-order chi connectivity index (χ1) is 17.4. The van der Waals surface area contributed by atoms with Crippen LogP contribution in [-0.4, -0.2) is 91.4 Å². The average Bonchev–Trinajstić information content (AvgIpc) is 3.22. The van der Waals surface area contributed by atoms with Gasteiger partial charge in [0.05, 0.1) is 42.5 Å². The number of benzene rings is 1. The minimum Gasteiger partial charge on any atom is -0.457 e. The molecule has 2 atom stereocenters. The number of rotatable bonds is 13. The monoisotopic (exact) mass is 498 g/mol. The maximum absolute atomic E-state index is 13.1. The van der Waals surface area contributed by atoms with E-state index >= 15 is 0 Å². The number of piperazine rings is 1. The zero-order chi connectivity index (χ0) is 26.1. The minimum absolute atomic E-state index is 0.00916. The van der Waals surface area contributed by atoms with Gasteiger partial charge in [-0.3, -0.25) is 19.6 Å². The van der Waals surface area contributed by atoms with E-state index in [1.807, 2.05) is 13.0 Å². The van der Waals surface area contributed by atoms with Gasteiger partial charge in [-0.1, -0.05) is 13.3 Å². The largest absolute Gasteiger partial charge is 0.457 e. The van der Waals surface area contributed by atoms with E-state index in [-0.39, 0.29) is 30.9 Å². The number of nitriles is 1. The predicted molar refractivity (Wildman–Crippen MR) is 136 cm³/mol. The first-order valence-corrected chi connectivity index (χ1v) is 12.8. The maximum Gasteiger partial charge on any atom is 0.338 e. The van der Waals surface area contributed by atoms with Crippen LogP contribution in [0.25, 0.3) is 0 Å². The van der Waals surface area contributed by atoms with Crippen molar-refractivity contribution < 1.29 is 24.2 Å². The second-order valence-electron chi connectivity index (χ2n) is 9.56. The molecule has 196 valence electrons. The fourth-order valence-electron chi connectivity index (χ4n) is 4.62. The van der Waals surface area contributed by atoms with E-state index in [1.165, 1.54) is 0 Å². The molecule has 1 aromatic rings. The lowest BCUT2D eigenvalue weighted by molar-refractivity contribution is -0.114. The van der Waals surface area contributed by atoms with Gasteiger partial charge in [0.15, 0.2) is 5.78 Å². The molecule has 0 aromatic heterocycles. The summed E-state index contributed by atoms with van der Waals surface area (Å²) in [5, 5.41) is 19.9. The molecule has 0 amide bonds. The molecule has 0 bridgehead atoms. The summed E-state index contributed by atoms with van der Waals surface area (Å²) in [6.07, 6.45) is 1.51. The van der Waals surface area contributed by atoms with Gasteiger partial charge in [0.1, 0.15) is 6.61 Å². The summed E-state index contributed by atoms with van der Waals surface area (Å²) in [5.74, 6) is -0.314. The molecule has 9 heteroatoms. The topological polar surface area (TPSA) is 115 Å². The highest BCUT2D eigenvalue weighted by molar-refractivity contribution is 6.40. The first kappa shape index (κ1) is 27.9. The van der Waals surface area contributed by atoms with Crippen molar-refractivity contribution in [1.29, 1.82) is 5.26 Å². The number of hydrogen-bond donors (Lipinski definition) is 1. The van der Waals surface area contributed by atoms with Crippen molar-refractivity contribution in [2.75, 3.05) is 52.9 Å². The number of carbonyl (C=O) groups is 2. The molecule has 9 nitrogen and oxygen atoms in total. The van der Waals surface area contributed by atoms with Crippen LogP contribution in [0.15, 0.2) is 17.1 Å². The lowest BCUT2D eigenvalue weighted by Crippen LogP contribution is -2.49. The van der Waals surface area contributed by atoms with Gasteiger partial charge in [0.2, 0.25) is 0 Å². The zero-order valence-corrected chi connectivity index (χ0v) is 21.7. The fraction of sp³-hybridized carbons (Fsp3) is 0.630. The van der Waals surface area contributed by atoms with Gasteiger partial charge in [-0.05, 0) is 36.6 Å². The molecular weight excluding hydrogens is 460 g/mol. The van der Waals surface area contributed by atoms with Gasteiger partial charge in [0, 0.05) is 58.4 Å². The number of esters is 1.